The van der Waals surface area contributed by atoms with Gasteiger partial charge in [0.2, 0.25) is 0 Å². The first-order valence-corrected chi connectivity index (χ1v) is 9.96. The van der Waals surface area contributed by atoms with Gasteiger partial charge in [-0.3, -0.25) is 0 Å². The third kappa shape index (κ3) is 6.89. The maximum absolute atomic E-state index is 12.3. The first-order valence-electron chi connectivity index (χ1n) is 9.96. The van der Waals surface area contributed by atoms with Gasteiger partial charge in [-0.05, 0) is 48.2 Å². The van der Waals surface area contributed by atoms with Crippen LogP contribution in [0, 0.1) is 0 Å². The van der Waals surface area contributed by atoms with E-state index < -0.39 is 5.97 Å². The molecule has 0 atom stereocenters. The highest BCUT2D eigenvalue weighted by atomic mass is 16.6. The van der Waals surface area contributed by atoms with Gasteiger partial charge >= 0.3 is 5.97 Å². The molecular weight excluding hydrogens is 356 g/mol. The Morgan fingerprint density at radius 1 is 0.857 bits per heavy atom. The number of ether oxygens (including phenoxy) is 3. The zero-order valence-corrected chi connectivity index (χ0v) is 16.8. The van der Waals surface area contributed by atoms with E-state index in [0.717, 1.165) is 42.6 Å². The van der Waals surface area contributed by atoms with E-state index in [1.165, 1.54) is 6.07 Å². The van der Waals surface area contributed by atoms with Crippen LogP contribution in [-0.4, -0.2) is 37.5 Å². The molecule has 0 unspecified atom stereocenters. The van der Waals surface area contributed by atoms with Crippen LogP contribution in [-0.2, 0) is 9.47 Å². The average Bonchev–Trinajstić information content (AvgIpc) is 2.71. The maximum atomic E-state index is 12.3. The molecule has 5 nitrogen and oxygen atoms in total. The summed E-state index contributed by atoms with van der Waals surface area (Å²) in [7, 11) is 0. The van der Waals surface area contributed by atoms with Crippen LogP contribution in [0.1, 0.15) is 49.9 Å². The lowest BCUT2D eigenvalue weighted by Crippen LogP contribution is -2.11. The Hall–Kier alpha value is -2.53. The highest BCUT2D eigenvalue weighted by Gasteiger charge is 2.14. The molecular formula is C23H30O5. The predicted molar refractivity (Wildman–Crippen MR) is 110 cm³/mol. The normalized spacial score (nSPS) is 10.6. The first-order chi connectivity index (χ1) is 13.7. The van der Waals surface area contributed by atoms with Crippen molar-refractivity contribution in [2.75, 3.05) is 26.4 Å². The summed E-state index contributed by atoms with van der Waals surface area (Å²) < 4.78 is 16.3. The van der Waals surface area contributed by atoms with Gasteiger partial charge in [0.05, 0.1) is 13.2 Å². The minimum absolute atomic E-state index is 0.0971. The molecule has 2 aromatic carbocycles. The second-order valence-electron chi connectivity index (χ2n) is 6.56. The molecule has 28 heavy (non-hydrogen) atoms. The molecule has 0 aliphatic heterocycles. The third-order valence-electron chi connectivity index (χ3n) is 4.27. The van der Waals surface area contributed by atoms with E-state index in [-0.39, 0.29) is 17.9 Å². The molecule has 5 heteroatoms. The fraction of sp³-hybridized carbons (Fsp3) is 0.435. The molecule has 0 radical (unpaired) electrons. The van der Waals surface area contributed by atoms with Gasteiger partial charge in [-0.15, -0.1) is 0 Å². The molecule has 0 aromatic heterocycles. The van der Waals surface area contributed by atoms with E-state index in [0.29, 0.717) is 19.8 Å². The van der Waals surface area contributed by atoms with Crippen molar-refractivity contribution in [2.45, 2.75) is 39.5 Å². The Labute approximate surface area is 167 Å². The van der Waals surface area contributed by atoms with E-state index in [4.69, 9.17) is 14.2 Å². The van der Waals surface area contributed by atoms with Crippen LogP contribution in [0.3, 0.4) is 0 Å². The second-order valence-corrected chi connectivity index (χ2v) is 6.56. The summed E-state index contributed by atoms with van der Waals surface area (Å²) in [5, 5.41) is 10.0. The average molecular weight is 386 g/mol. The van der Waals surface area contributed by atoms with Crippen LogP contribution >= 0.6 is 0 Å². The summed E-state index contributed by atoms with van der Waals surface area (Å²) in [6.07, 6.45) is 4.16. The van der Waals surface area contributed by atoms with Gasteiger partial charge in [-0.2, -0.15) is 0 Å². The number of aromatic hydroxyl groups is 1. The van der Waals surface area contributed by atoms with E-state index >= 15 is 0 Å². The van der Waals surface area contributed by atoms with Gasteiger partial charge in [-0.1, -0.05) is 44.9 Å². The van der Waals surface area contributed by atoms with Crippen molar-refractivity contribution in [3.05, 3.63) is 48.0 Å². The number of hydrogen-bond donors (Lipinski definition) is 1. The second kappa shape index (κ2) is 12.0. The number of benzene rings is 2. The molecule has 0 saturated carbocycles. The van der Waals surface area contributed by atoms with Crippen molar-refractivity contribution in [3.63, 3.8) is 0 Å². The Morgan fingerprint density at radius 2 is 1.54 bits per heavy atom. The van der Waals surface area contributed by atoms with E-state index in [1.54, 1.807) is 12.1 Å². The lowest BCUT2D eigenvalue weighted by molar-refractivity contribution is 0.0311. The lowest BCUT2D eigenvalue weighted by atomic mass is 10.0. The van der Waals surface area contributed by atoms with Crippen molar-refractivity contribution in [1.29, 1.82) is 0 Å². The Balaban J connectivity index is 1.97. The van der Waals surface area contributed by atoms with E-state index in [1.807, 2.05) is 24.3 Å². The molecule has 0 aliphatic carbocycles. The van der Waals surface area contributed by atoms with Crippen molar-refractivity contribution in [1.82, 2.24) is 0 Å². The number of esters is 1. The van der Waals surface area contributed by atoms with E-state index in [9.17, 15) is 9.90 Å². The molecule has 0 amide bonds. The fourth-order valence-corrected chi connectivity index (χ4v) is 2.58. The number of rotatable bonds is 12. The molecule has 0 saturated heterocycles. The number of phenols is 1. The highest BCUT2D eigenvalue weighted by Crippen LogP contribution is 2.28. The van der Waals surface area contributed by atoms with Crippen LogP contribution in [0.4, 0.5) is 0 Å². The molecule has 0 aliphatic rings. The molecule has 2 aromatic rings. The lowest BCUT2D eigenvalue weighted by Gasteiger charge is -2.10. The fourth-order valence-electron chi connectivity index (χ4n) is 2.58. The van der Waals surface area contributed by atoms with Crippen LogP contribution in [0.15, 0.2) is 42.5 Å². The minimum atomic E-state index is -0.557. The number of carbonyl (C=O) groups excluding carboxylic acids is 1. The topological polar surface area (TPSA) is 65.0 Å². The summed E-state index contributed by atoms with van der Waals surface area (Å²) in [5.41, 5.74) is 1.90. The zero-order chi connectivity index (χ0) is 20.2. The number of carbonyl (C=O) groups is 1. The molecule has 0 fully saturated rings. The van der Waals surface area contributed by atoms with Crippen molar-refractivity contribution >= 4 is 5.97 Å². The number of unbranched alkanes of at least 4 members (excludes halogenated alkanes) is 2. The summed E-state index contributed by atoms with van der Waals surface area (Å²) in [6, 6.07) is 12.6. The molecule has 152 valence electrons. The van der Waals surface area contributed by atoms with Crippen LogP contribution in [0.2, 0.25) is 0 Å². The van der Waals surface area contributed by atoms with Crippen molar-refractivity contribution < 1.29 is 24.1 Å². The van der Waals surface area contributed by atoms with Gasteiger partial charge in [0.25, 0.3) is 0 Å². The standard InChI is InChI=1S/C23H30O5/c1-3-5-13-26-15-16-28-23(25)21-17-19(9-12-22(21)24)18-7-10-20(11-8-18)27-14-6-4-2/h7-12,17,24H,3-6,13-16H2,1-2H3. The van der Waals surface area contributed by atoms with Crippen LogP contribution in [0.25, 0.3) is 11.1 Å². The van der Waals surface area contributed by atoms with Gasteiger partial charge in [0.15, 0.2) is 0 Å². The zero-order valence-electron chi connectivity index (χ0n) is 16.8. The van der Waals surface area contributed by atoms with Crippen LogP contribution < -0.4 is 4.74 Å². The Morgan fingerprint density at radius 3 is 2.25 bits per heavy atom. The summed E-state index contributed by atoms with van der Waals surface area (Å²) in [6.45, 7) is 6.09. The molecule has 1 N–H and O–H groups in total. The number of hydrogen-bond acceptors (Lipinski definition) is 5. The predicted octanol–water partition coefficient (Wildman–Crippen LogP) is 5.21. The van der Waals surface area contributed by atoms with Crippen molar-refractivity contribution in [2.24, 2.45) is 0 Å². The molecule has 2 rings (SSSR count). The quantitative estimate of drug-likeness (QED) is 0.401. The Bertz CT molecular complexity index is 724. The van der Waals surface area contributed by atoms with Crippen molar-refractivity contribution in [3.8, 4) is 22.6 Å². The smallest absolute Gasteiger partial charge is 0.342 e. The summed E-state index contributed by atoms with van der Waals surface area (Å²) in [5.74, 6) is 0.164. The molecule has 0 spiro atoms. The van der Waals surface area contributed by atoms with Crippen LogP contribution in [0.5, 0.6) is 11.5 Å². The summed E-state index contributed by atoms with van der Waals surface area (Å²) >= 11 is 0. The monoisotopic (exact) mass is 386 g/mol. The third-order valence-corrected chi connectivity index (χ3v) is 4.27. The SMILES string of the molecule is CCCCOCCOC(=O)c1cc(-c2ccc(OCCCC)cc2)ccc1O. The Kier molecular flexibility index (Phi) is 9.35. The number of phenolic OH excluding ortho intramolecular Hbond substituents is 1. The minimum Gasteiger partial charge on any atom is -0.507 e. The van der Waals surface area contributed by atoms with Gasteiger partial charge in [-0.25, -0.2) is 4.79 Å². The van der Waals surface area contributed by atoms with Gasteiger partial charge in [0, 0.05) is 6.61 Å². The molecule has 0 heterocycles. The van der Waals surface area contributed by atoms with Gasteiger partial charge in [0.1, 0.15) is 23.7 Å². The maximum Gasteiger partial charge on any atom is 0.342 e. The first kappa shape index (κ1) is 21.8. The summed E-state index contributed by atoms with van der Waals surface area (Å²) in [4.78, 5) is 12.3. The van der Waals surface area contributed by atoms with E-state index in [2.05, 4.69) is 13.8 Å². The highest BCUT2D eigenvalue weighted by molar-refractivity contribution is 5.94. The van der Waals surface area contributed by atoms with Gasteiger partial charge < -0.3 is 19.3 Å². The largest absolute Gasteiger partial charge is 0.507 e. The molecule has 0 bridgehead atoms.